The van der Waals surface area contributed by atoms with E-state index in [2.05, 4.69) is 6.58 Å². The van der Waals surface area contributed by atoms with Crippen LogP contribution >= 0.6 is 11.6 Å². The Balaban J connectivity index is 4.37. The smallest absolute Gasteiger partial charge is 0.203 e. The van der Waals surface area contributed by atoms with E-state index in [4.69, 9.17) is 11.6 Å². The Labute approximate surface area is 72.3 Å². The third-order valence-electron chi connectivity index (χ3n) is 0.759. The first-order chi connectivity index (χ1) is 5.17. The van der Waals surface area contributed by atoms with Crippen LogP contribution in [0, 0.1) is 0 Å². The fourth-order valence-corrected chi connectivity index (χ4v) is 0.929. The molecule has 12 heavy (non-hydrogen) atoms. The van der Waals surface area contributed by atoms with Crippen molar-refractivity contribution < 1.29 is 21.6 Å². The van der Waals surface area contributed by atoms with Gasteiger partial charge in [0, 0.05) is 11.6 Å². The second-order valence-corrected chi connectivity index (χ2v) is 4.08. The largest absolute Gasteiger partial charge is 0.511 e. The molecule has 0 spiro atoms. The van der Waals surface area contributed by atoms with Crippen molar-refractivity contribution in [2.24, 2.45) is 0 Å². The van der Waals surface area contributed by atoms with E-state index in [1.165, 1.54) is 4.72 Å². The molecule has 0 atom stereocenters. The number of halogens is 4. The molecule has 0 bridgehead atoms. The fraction of sp³-hybridized carbons (Fsp3) is 0.500. The van der Waals surface area contributed by atoms with E-state index in [0.717, 1.165) is 0 Å². The van der Waals surface area contributed by atoms with E-state index >= 15 is 0 Å². The molecule has 0 rings (SSSR count). The molecular weight excluding hydrogens is 219 g/mol. The van der Waals surface area contributed by atoms with E-state index in [9.17, 15) is 21.6 Å². The van der Waals surface area contributed by atoms with Crippen LogP contribution in [0.2, 0.25) is 0 Å². The Kier molecular flexibility index (Phi) is 3.55. The van der Waals surface area contributed by atoms with Gasteiger partial charge >= 0.3 is 15.5 Å². The molecule has 1 N–H and O–H groups in total. The van der Waals surface area contributed by atoms with E-state index in [1.54, 1.807) is 0 Å². The number of alkyl halides is 3. The topological polar surface area (TPSA) is 46.2 Å². The van der Waals surface area contributed by atoms with E-state index in [0.29, 0.717) is 0 Å². The van der Waals surface area contributed by atoms with Crippen LogP contribution in [-0.2, 0) is 10.0 Å². The zero-order chi connectivity index (χ0) is 9.99. The average Bonchev–Trinajstić information content (AvgIpc) is 1.81. The van der Waals surface area contributed by atoms with Gasteiger partial charge < -0.3 is 0 Å². The molecule has 0 radical (unpaired) electrons. The van der Waals surface area contributed by atoms with Crippen LogP contribution in [0.3, 0.4) is 0 Å². The van der Waals surface area contributed by atoms with Crippen molar-refractivity contribution in [2.75, 3.05) is 6.54 Å². The van der Waals surface area contributed by atoms with Crippen LogP contribution in [-0.4, -0.2) is 20.5 Å². The lowest BCUT2D eigenvalue weighted by Gasteiger charge is -2.07. The monoisotopic (exact) mass is 223 g/mol. The maximum Gasteiger partial charge on any atom is 0.511 e. The Hall–Kier alpha value is -0.270. The first-order valence-corrected chi connectivity index (χ1v) is 4.42. The van der Waals surface area contributed by atoms with Gasteiger partial charge in [-0.15, -0.1) is 0 Å². The standard InChI is InChI=1S/C4H5ClF3NO2S/c1-3(5)2-9-12(10,11)4(6,7)8/h9H,1-2H2. The van der Waals surface area contributed by atoms with Crippen molar-refractivity contribution in [1.82, 2.24) is 4.72 Å². The first-order valence-electron chi connectivity index (χ1n) is 2.56. The van der Waals surface area contributed by atoms with Gasteiger partial charge in [0.25, 0.3) is 0 Å². The predicted molar refractivity (Wildman–Crippen MR) is 38.0 cm³/mol. The summed E-state index contributed by atoms with van der Waals surface area (Å²) in [4.78, 5) is 0. The van der Waals surface area contributed by atoms with Crippen molar-refractivity contribution in [3.8, 4) is 0 Å². The van der Waals surface area contributed by atoms with Crippen LogP contribution in [0.25, 0.3) is 0 Å². The van der Waals surface area contributed by atoms with Crippen LogP contribution in [0.1, 0.15) is 0 Å². The molecule has 72 valence electrons. The molecule has 0 saturated carbocycles. The molecule has 0 amide bonds. The molecule has 0 aromatic carbocycles. The highest BCUT2D eigenvalue weighted by molar-refractivity contribution is 7.90. The minimum atomic E-state index is -5.31. The van der Waals surface area contributed by atoms with Gasteiger partial charge in [0.05, 0.1) is 0 Å². The van der Waals surface area contributed by atoms with Crippen LogP contribution < -0.4 is 4.72 Å². The summed E-state index contributed by atoms with van der Waals surface area (Å²) in [7, 11) is -5.29. The van der Waals surface area contributed by atoms with Gasteiger partial charge in [0.15, 0.2) is 0 Å². The van der Waals surface area contributed by atoms with Crippen molar-refractivity contribution in [3.05, 3.63) is 11.6 Å². The minimum Gasteiger partial charge on any atom is -0.203 e. The second-order valence-electron chi connectivity index (χ2n) is 1.79. The average molecular weight is 224 g/mol. The maximum absolute atomic E-state index is 11.6. The lowest BCUT2D eigenvalue weighted by molar-refractivity contribution is -0.0446. The number of sulfonamides is 1. The van der Waals surface area contributed by atoms with Crippen LogP contribution in [0.5, 0.6) is 0 Å². The summed E-state index contributed by atoms with van der Waals surface area (Å²) in [5.74, 6) is 0. The molecule has 3 nitrogen and oxygen atoms in total. The van der Waals surface area contributed by atoms with Gasteiger partial charge in [-0.1, -0.05) is 18.2 Å². The summed E-state index contributed by atoms with van der Waals surface area (Å²) in [6.45, 7) is 2.38. The zero-order valence-corrected chi connectivity index (χ0v) is 7.22. The summed E-state index contributed by atoms with van der Waals surface area (Å²) in [5, 5.41) is -0.220. The van der Waals surface area contributed by atoms with Crippen molar-refractivity contribution in [1.29, 1.82) is 0 Å². The number of hydrogen-bond acceptors (Lipinski definition) is 2. The van der Waals surface area contributed by atoms with E-state index in [1.807, 2.05) is 0 Å². The molecule has 0 aliphatic heterocycles. The highest BCUT2D eigenvalue weighted by atomic mass is 35.5. The zero-order valence-electron chi connectivity index (χ0n) is 5.65. The highest BCUT2D eigenvalue weighted by Gasteiger charge is 2.45. The molecule has 0 aliphatic carbocycles. The number of hydrogen-bond donors (Lipinski definition) is 1. The summed E-state index contributed by atoms with van der Waals surface area (Å²) < 4.78 is 56.3. The van der Waals surface area contributed by atoms with Gasteiger partial charge in [-0.25, -0.2) is 13.1 Å². The summed E-state index contributed by atoms with van der Waals surface area (Å²) in [6.07, 6.45) is 0. The van der Waals surface area contributed by atoms with Gasteiger partial charge in [-0.3, -0.25) is 0 Å². The van der Waals surface area contributed by atoms with Crippen LogP contribution in [0.4, 0.5) is 13.2 Å². The van der Waals surface area contributed by atoms with Crippen molar-refractivity contribution in [3.63, 3.8) is 0 Å². The Morgan fingerprint density at radius 2 is 1.92 bits per heavy atom. The van der Waals surface area contributed by atoms with Gasteiger partial charge in [0.2, 0.25) is 0 Å². The third kappa shape index (κ3) is 3.42. The minimum absolute atomic E-state index is 0.220. The quantitative estimate of drug-likeness (QED) is 0.781. The number of rotatable bonds is 3. The molecule has 0 aliphatic rings. The molecule has 0 saturated heterocycles. The molecule has 0 unspecified atom stereocenters. The summed E-state index contributed by atoms with van der Waals surface area (Å²) >= 11 is 5.05. The van der Waals surface area contributed by atoms with Crippen molar-refractivity contribution in [2.45, 2.75) is 5.51 Å². The van der Waals surface area contributed by atoms with Gasteiger partial charge in [-0.05, 0) is 0 Å². The Morgan fingerprint density at radius 1 is 1.50 bits per heavy atom. The normalized spacial score (nSPS) is 13.0. The lowest BCUT2D eigenvalue weighted by atomic mass is 10.7. The van der Waals surface area contributed by atoms with E-state index < -0.39 is 22.1 Å². The summed E-state index contributed by atoms with van der Waals surface area (Å²) in [6, 6.07) is 0. The molecular formula is C4H5ClF3NO2S. The second kappa shape index (κ2) is 3.63. The van der Waals surface area contributed by atoms with Crippen LogP contribution in [0.15, 0.2) is 11.6 Å². The highest BCUT2D eigenvalue weighted by Crippen LogP contribution is 2.21. The Bertz CT molecular complexity index is 271. The predicted octanol–water partition coefficient (Wildman–Crippen LogP) is 1.18. The molecule has 0 fully saturated rings. The number of nitrogens with one attached hydrogen (secondary N) is 1. The van der Waals surface area contributed by atoms with Gasteiger partial charge in [0.1, 0.15) is 0 Å². The molecule has 0 aromatic rings. The van der Waals surface area contributed by atoms with E-state index in [-0.39, 0.29) is 5.03 Å². The van der Waals surface area contributed by atoms with Crippen molar-refractivity contribution >= 4 is 21.6 Å². The molecule has 0 heterocycles. The summed E-state index contributed by atoms with van der Waals surface area (Å²) in [5.41, 5.74) is -5.31. The lowest BCUT2D eigenvalue weighted by Crippen LogP contribution is -2.36. The maximum atomic E-state index is 11.6. The van der Waals surface area contributed by atoms with Gasteiger partial charge in [-0.2, -0.15) is 13.2 Å². The SMILES string of the molecule is C=C(Cl)CNS(=O)(=O)C(F)(F)F. The first kappa shape index (κ1) is 11.7. The molecule has 8 heteroatoms. The fourth-order valence-electron chi connectivity index (χ4n) is 0.255. The molecule has 0 aromatic heterocycles. The Morgan fingerprint density at radius 3 is 2.17 bits per heavy atom. The third-order valence-corrected chi connectivity index (χ3v) is 2.03.